The number of hydrogen-bond acceptors (Lipinski definition) is 2. The van der Waals surface area contributed by atoms with E-state index in [2.05, 4.69) is 52.1 Å². The van der Waals surface area contributed by atoms with Crippen LogP contribution in [0.3, 0.4) is 0 Å². The minimum atomic E-state index is 0.0702. The van der Waals surface area contributed by atoms with Crippen LogP contribution >= 0.6 is 11.6 Å². The SMILES string of the molecule is CCCC(C)COC(CNC(C)(C)C)c1ccc(Cl)cc1. The molecule has 0 aliphatic carbocycles. The first-order chi connectivity index (χ1) is 9.81. The van der Waals surface area contributed by atoms with Crippen LogP contribution in [-0.2, 0) is 4.74 Å². The fraction of sp³-hybridized carbons (Fsp3) is 0.667. The molecular formula is C18H30ClNO. The summed E-state index contributed by atoms with van der Waals surface area (Å²) >= 11 is 5.98. The van der Waals surface area contributed by atoms with Gasteiger partial charge in [0.2, 0.25) is 0 Å². The van der Waals surface area contributed by atoms with Gasteiger partial charge in [0, 0.05) is 17.1 Å². The van der Waals surface area contributed by atoms with Crippen LogP contribution in [0.25, 0.3) is 0 Å². The summed E-state index contributed by atoms with van der Waals surface area (Å²) in [6, 6.07) is 7.98. The second kappa shape index (κ2) is 8.77. The maximum atomic E-state index is 6.17. The second-order valence-corrected chi connectivity index (χ2v) is 7.33. The number of halogens is 1. The maximum Gasteiger partial charge on any atom is 0.0949 e. The van der Waals surface area contributed by atoms with Gasteiger partial charge in [0.1, 0.15) is 0 Å². The van der Waals surface area contributed by atoms with Crippen molar-refractivity contribution in [3.05, 3.63) is 34.9 Å². The standard InChI is InChI=1S/C18H30ClNO/c1-6-7-14(2)13-21-17(12-20-18(3,4)5)15-8-10-16(19)11-9-15/h8-11,14,17,20H,6-7,12-13H2,1-5H3. The Morgan fingerprint density at radius 3 is 2.33 bits per heavy atom. The van der Waals surface area contributed by atoms with Crippen molar-refractivity contribution in [1.82, 2.24) is 5.32 Å². The van der Waals surface area contributed by atoms with Crippen molar-refractivity contribution in [1.29, 1.82) is 0 Å². The summed E-state index contributed by atoms with van der Waals surface area (Å²) in [5.74, 6) is 0.597. The fourth-order valence-electron chi connectivity index (χ4n) is 2.21. The third kappa shape index (κ3) is 7.85. The maximum absolute atomic E-state index is 6.17. The topological polar surface area (TPSA) is 21.3 Å². The Balaban J connectivity index is 2.67. The number of rotatable bonds is 8. The molecule has 120 valence electrons. The van der Waals surface area contributed by atoms with E-state index in [9.17, 15) is 0 Å². The molecule has 0 aliphatic heterocycles. The number of nitrogens with one attached hydrogen (secondary N) is 1. The molecule has 0 fully saturated rings. The Morgan fingerprint density at radius 1 is 1.19 bits per heavy atom. The van der Waals surface area contributed by atoms with Crippen LogP contribution in [0.1, 0.15) is 59.1 Å². The lowest BCUT2D eigenvalue weighted by molar-refractivity contribution is 0.0265. The van der Waals surface area contributed by atoms with Gasteiger partial charge in [-0.15, -0.1) is 0 Å². The molecule has 0 saturated heterocycles. The molecule has 0 amide bonds. The number of ether oxygens (including phenoxy) is 1. The van der Waals surface area contributed by atoms with Crippen molar-refractivity contribution >= 4 is 11.6 Å². The Kier molecular flexibility index (Phi) is 7.72. The molecule has 2 nitrogen and oxygen atoms in total. The largest absolute Gasteiger partial charge is 0.372 e. The Bertz CT molecular complexity index is 397. The summed E-state index contributed by atoms with van der Waals surface area (Å²) in [6.07, 6.45) is 2.48. The molecule has 1 N–H and O–H groups in total. The van der Waals surface area contributed by atoms with E-state index in [1.54, 1.807) is 0 Å². The zero-order valence-electron chi connectivity index (χ0n) is 14.1. The lowest BCUT2D eigenvalue weighted by Crippen LogP contribution is -2.39. The van der Waals surface area contributed by atoms with Gasteiger partial charge in [-0.3, -0.25) is 0 Å². The summed E-state index contributed by atoms with van der Waals surface area (Å²) in [5, 5.41) is 4.30. The van der Waals surface area contributed by atoms with E-state index in [1.807, 2.05) is 12.1 Å². The molecule has 1 aromatic rings. The Hall–Kier alpha value is -0.570. The number of benzene rings is 1. The van der Waals surface area contributed by atoms with E-state index in [0.29, 0.717) is 5.92 Å². The van der Waals surface area contributed by atoms with Crippen molar-refractivity contribution < 1.29 is 4.74 Å². The highest BCUT2D eigenvalue weighted by Gasteiger charge is 2.17. The average Bonchev–Trinajstić information content (AvgIpc) is 2.39. The van der Waals surface area contributed by atoms with E-state index in [0.717, 1.165) is 18.2 Å². The predicted octanol–water partition coefficient (Wildman–Crippen LogP) is 5.22. The van der Waals surface area contributed by atoms with Gasteiger partial charge < -0.3 is 10.1 Å². The molecule has 1 aromatic carbocycles. The molecule has 0 spiro atoms. The third-order valence-corrected chi connectivity index (χ3v) is 3.67. The van der Waals surface area contributed by atoms with Crippen LogP contribution in [0.5, 0.6) is 0 Å². The van der Waals surface area contributed by atoms with Crippen LogP contribution in [0.15, 0.2) is 24.3 Å². The van der Waals surface area contributed by atoms with Crippen LogP contribution in [0, 0.1) is 5.92 Å². The minimum absolute atomic E-state index is 0.0702. The first-order valence-corrected chi connectivity index (χ1v) is 8.31. The quantitative estimate of drug-likeness (QED) is 0.710. The highest BCUT2D eigenvalue weighted by atomic mass is 35.5. The molecule has 0 saturated carbocycles. The predicted molar refractivity (Wildman–Crippen MR) is 92.0 cm³/mol. The monoisotopic (exact) mass is 311 g/mol. The van der Waals surface area contributed by atoms with Gasteiger partial charge in [0.25, 0.3) is 0 Å². The Labute approximate surface area is 135 Å². The average molecular weight is 312 g/mol. The van der Waals surface area contributed by atoms with E-state index < -0.39 is 0 Å². The molecule has 0 aliphatic rings. The normalized spacial score (nSPS) is 15.0. The summed E-state index contributed by atoms with van der Waals surface area (Å²) in [4.78, 5) is 0. The van der Waals surface area contributed by atoms with E-state index in [4.69, 9.17) is 16.3 Å². The van der Waals surface area contributed by atoms with Gasteiger partial charge in [-0.05, 0) is 50.8 Å². The third-order valence-electron chi connectivity index (χ3n) is 3.42. The van der Waals surface area contributed by atoms with E-state index in [-0.39, 0.29) is 11.6 Å². The van der Waals surface area contributed by atoms with Crippen molar-refractivity contribution in [3.8, 4) is 0 Å². The van der Waals surface area contributed by atoms with Gasteiger partial charge >= 0.3 is 0 Å². The first kappa shape index (κ1) is 18.5. The van der Waals surface area contributed by atoms with Gasteiger partial charge in [-0.1, -0.05) is 44.0 Å². The van der Waals surface area contributed by atoms with E-state index >= 15 is 0 Å². The molecule has 1 rings (SSSR count). The lowest BCUT2D eigenvalue weighted by atomic mass is 10.0. The van der Waals surface area contributed by atoms with Crippen LogP contribution < -0.4 is 5.32 Å². The van der Waals surface area contributed by atoms with Crippen molar-refractivity contribution in [2.45, 2.75) is 59.1 Å². The van der Waals surface area contributed by atoms with Crippen molar-refractivity contribution in [2.24, 2.45) is 5.92 Å². The summed E-state index contributed by atoms with van der Waals surface area (Å²) in [5.41, 5.74) is 1.27. The molecule has 2 atom stereocenters. The van der Waals surface area contributed by atoms with Gasteiger partial charge in [-0.2, -0.15) is 0 Å². The molecule has 21 heavy (non-hydrogen) atoms. The van der Waals surface area contributed by atoms with E-state index in [1.165, 1.54) is 18.4 Å². The lowest BCUT2D eigenvalue weighted by Gasteiger charge is -2.27. The molecule has 0 bridgehead atoms. The summed E-state index contributed by atoms with van der Waals surface area (Å²) in [7, 11) is 0. The van der Waals surface area contributed by atoms with Gasteiger partial charge in [0.05, 0.1) is 12.7 Å². The smallest absolute Gasteiger partial charge is 0.0949 e. The zero-order valence-corrected chi connectivity index (χ0v) is 14.8. The van der Waals surface area contributed by atoms with Gasteiger partial charge in [-0.25, -0.2) is 0 Å². The highest BCUT2D eigenvalue weighted by Crippen LogP contribution is 2.21. The zero-order chi connectivity index (χ0) is 15.9. The van der Waals surface area contributed by atoms with Crippen LogP contribution in [0.4, 0.5) is 0 Å². The highest BCUT2D eigenvalue weighted by molar-refractivity contribution is 6.30. The second-order valence-electron chi connectivity index (χ2n) is 6.90. The van der Waals surface area contributed by atoms with Crippen LogP contribution in [0.2, 0.25) is 5.02 Å². The van der Waals surface area contributed by atoms with Crippen molar-refractivity contribution in [2.75, 3.05) is 13.2 Å². The minimum Gasteiger partial charge on any atom is -0.372 e. The molecule has 3 heteroatoms. The first-order valence-electron chi connectivity index (χ1n) is 7.94. The summed E-state index contributed by atoms with van der Waals surface area (Å²) in [6.45, 7) is 12.6. The van der Waals surface area contributed by atoms with Gasteiger partial charge in [0.15, 0.2) is 0 Å². The molecule has 0 aromatic heterocycles. The molecule has 0 radical (unpaired) electrons. The van der Waals surface area contributed by atoms with Crippen molar-refractivity contribution in [3.63, 3.8) is 0 Å². The Morgan fingerprint density at radius 2 is 1.81 bits per heavy atom. The summed E-state index contributed by atoms with van der Waals surface area (Å²) < 4.78 is 6.17. The van der Waals surface area contributed by atoms with Crippen LogP contribution in [-0.4, -0.2) is 18.7 Å². The molecular weight excluding hydrogens is 282 g/mol. The molecule has 2 unspecified atom stereocenters. The molecule has 0 heterocycles. The number of hydrogen-bond donors (Lipinski definition) is 1. The fourth-order valence-corrected chi connectivity index (χ4v) is 2.33.